The van der Waals surface area contributed by atoms with E-state index in [1.54, 1.807) is 13.1 Å². The van der Waals surface area contributed by atoms with E-state index in [-0.39, 0.29) is 17.4 Å². The molecular formula is C23H33N5O. The molecule has 0 aliphatic heterocycles. The Bertz CT molecular complexity index is 755. The maximum Gasteiger partial charge on any atom is 0.225 e. The maximum absolute atomic E-state index is 12.8. The minimum Gasteiger partial charge on any atom is -0.355 e. The fourth-order valence-electron chi connectivity index (χ4n) is 4.02. The molecule has 1 fully saturated rings. The minimum absolute atomic E-state index is 0.0616. The van der Waals surface area contributed by atoms with Gasteiger partial charge in [0.1, 0.15) is 0 Å². The first kappa shape index (κ1) is 22.5. The molecule has 1 aromatic rings. The van der Waals surface area contributed by atoms with Crippen LogP contribution in [0.2, 0.25) is 0 Å². The first-order chi connectivity index (χ1) is 13.9. The van der Waals surface area contributed by atoms with Crippen LogP contribution in [-0.2, 0) is 10.2 Å². The fraction of sp³-hybridized carbons (Fsp3) is 0.522. The predicted molar refractivity (Wildman–Crippen MR) is 117 cm³/mol. The number of nitrogens with one attached hydrogen (secondary N) is 3. The van der Waals surface area contributed by atoms with Crippen molar-refractivity contribution in [1.82, 2.24) is 16.0 Å². The van der Waals surface area contributed by atoms with E-state index >= 15 is 0 Å². The highest BCUT2D eigenvalue weighted by Crippen LogP contribution is 2.39. The zero-order valence-corrected chi connectivity index (χ0v) is 17.8. The third-order valence-corrected chi connectivity index (χ3v) is 5.92. The lowest BCUT2D eigenvalue weighted by atomic mass is 9.68. The number of carbonyl (C=O) groups excluding carboxylic acids is 1. The van der Waals surface area contributed by atoms with E-state index in [1.165, 1.54) is 5.56 Å². The molecule has 1 saturated carbocycles. The van der Waals surface area contributed by atoms with Crippen LogP contribution in [0.25, 0.3) is 0 Å². The van der Waals surface area contributed by atoms with E-state index in [9.17, 15) is 4.79 Å². The monoisotopic (exact) mass is 395 g/mol. The lowest BCUT2D eigenvalue weighted by molar-refractivity contribution is -0.129. The number of aliphatic imine (C=N–C) groups is 1. The van der Waals surface area contributed by atoms with E-state index in [2.05, 4.69) is 51.8 Å². The van der Waals surface area contributed by atoms with Gasteiger partial charge in [-0.1, -0.05) is 50.3 Å². The normalized spacial score (nSPS) is 22.3. The zero-order valence-electron chi connectivity index (χ0n) is 17.8. The number of benzene rings is 1. The van der Waals surface area contributed by atoms with Crippen molar-refractivity contribution in [2.75, 3.05) is 13.6 Å². The molecule has 2 rings (SSSR count). The average Bonchev–Trinajstić information content (AvgIpc) is 2.73. The predicted octanol–water partition coefficient (Wildman–Crippen LogP) is 3.23. The SMILES string of the molecule is C=CCC(C)(C)C(=O)NCC1(c2ccccc2)CCC(NC(=NC)NC#N)CC1. The van der Waals surface area contributed by atoms with Crippen molar-refractivity contribution >= 4 is 11.9 Å². The number of allylic oxidation sites excluding steroid dienone is 1. The second-order valence-electron chi connectivity index (χ2n) is 8.43. The number of rotatable bonds is 7. The molecule has 3 N–H and O–H groups in total. The largest absolute Gasteiger partial charge is 0.355 e. The van der Waals surface area contributed by atoms with Crippen LogP contribution in [0.1, 0.15) is 51.5 Å². The lowest BCUT2D eigenvalue weighted by Gasteiger charge is -2.42. The number of carbonyl (C=O) groups is 1. The van der Waals surface area contributed by atoms with E-state index in [0.29, 0.717) is 18.9 Å². The van der Waals surface area contributed by atoms with Crippen LogP contribution in [0.15, 0.2) is 48.0 Å². The van der Waals surface area contributed by atoms with Crippen molar-refractivity contribution in [2.24, 2.45) is 10.4 Å². The van der Waals surface area contributed by atoms with Crippen molar-refractivity contribution in [1.29, 1.82) is 5.26 Å². The van der Waals surface area contributed by atoms with Gasteiger partial charge in [0, 0.05) is 30.5 Å². The Kier molecular flexibility index (Phi) is 7.83. The van der Waals surface area contributed by atoms with Gasteiger partial charge < -0.3 is 10.6 Å². The maximum atomic E-state index is 12.8. The van der Waals surface area contributed by atoms with Gasteiger partial charge in [0.05, 0.1) is 0 Å². The van der Waals surface area contributed by atoms with Gasteiger partial charge in [-0.25, -0.2) is 0 Å². The molecule has 0 bridgehead atoms. The molecule has 0 radical (unpaired) electrons. The quantitative estimate of drug-likeness (QED) is 0.217. The summed E-state index contributed by atoms with van der Waals surface area (Å²) in [6.45, 7) is 8.29. The Morgan fingerprint density at radius 2 is 2.00 bits per heavy atom. The second-order valence-corrected chi connectivity index (χ2v) is 8.43. The Balaban J connectivity index is 2.11. The third kappa shape index (κ3) is 5.83. The van der Waals surface area contributed by atoms with Gasteiger partial charge >= 0.3 is 0 Å². The molecule has 0 saturated heterocycles. The first-order valence-corrected chi connectivity index (χ1v) is 10.2. The molecule has 1 aliphatic rings. The molecule has 6 nitrogen and oxygen atoms in total. The Morgan fingerprint density at radius 3 is 2.55 bits per heavy atom. The fourth-order valence-corrected chi connectivity index (χ4v) is 4.02. The lowest BCUT2D eigenvalue weighted by Crippen LogP contribution is -2.50. The first-order valence-electron chi connectivity index (χ1n) is 10.2. The van der Waals surface area contributed by atoms with Crippen molar-refractivity contribution in [3.63, 3.8) is 0 Å². The van der Waals surface area contributed by atoms with Gasteiger partial charge in [0.25, 0.3) is 0 Å². The smallest absolute Gasteiger partial charge is 0.225 e. The van der Waals surface area contributed by atoms with Crippen LogP contribution in [0.3, 0.4) is 0 Å². The Morgan fingerprint density at radius 1 is 1.34 bits per heavy atom. The minimum atomic E-state index is -0.464. The highest BCUT2D eigenvalue weighted by molar-refractivity contribution is 5.82. The standard InChI is InChI=1S/C23H33N5O/c1-5-13-22(2,3)20(29)26-16-23(18-9-7-6-8-10-18)14-11-19(12-15-23)28-21(25-4)27-17-24/h5-10,19H,1,11-16H2,2-4H3,(H,26,29)(H2,25,27,28). The zero-order chi connectivity index (χ0) is 21.3. The molecule has 0 heterocycles. The molecule has 1 amide bonds. The molecule has 6 heteroatoms. The van der Waals surface area contributed by atoms with E-state index in [4.69, 9.17) is 5.26 Å². The second kappa shape index (κ2) is 10.1. The van der Waals surface area contributed by atoms with Crippen LogP contribution in [0.5, 0.6) is 0 Å². The highest BCUT2D eigenvalue weighted by atomic mass is 16.2. The Hall–Kier alpha value is -2.81. The van der Waals surface area contributed by atoms with Crippen LogP contribution in [0.4, 0.5) is 0 Å². The molecule has 29 heavy (non-hydrogen) atoms. The molecule has 1 aromatic carbocycles. The number of amides is 1. The molecule has 156 valence electrons. The van der Waals surface area contributed by atoms with E-state index in [0.717, 1.165) is 25.7 Å². The summed E-state index contributed by atoms with van der Waals surface area (Å²) in [5, 5.41) is 17.9. The molecule has 0 atom stereocenters. The summed E-state index contributed by atoms with van der Waals surface area (Å²) in [6, 6.07) is 10.7. The van der Waals surface area contributed by atoms with Gasteiger partial charge in [-0.05, 0) is 37.7 Å². The number of hydrogen-bond donors (Lipinski definition) is 3. The summed E-state index contributed by atoms with van der Waals surface area (Å²) < 4.78 is 0. The summed E-state index contributed by atoms with van der Waals surface area (Å²) in [6.07, 6.45) is 8.12. The summed E-state index contributed by atoms with van der Waals surface area (Å²) in [5.41, 5.74) is 0.708. The van der Waals surface area contributed by atoms with Crippen LogP contribution < -0.4 is 16.0 Å². The average molecular weight is 396 g/mol. The highest BCUT2D eigenvalue weighted by Gasteiger charge is 2.38. The van der Waals surface area contributed by atoms with Gasteiger partial charge in [-0.15, -0.1) is 6.58 Å². The summed E-state index contributed by atoms with van der Waals surface area (Å²) in [7, 11) is 1.66. The third-order valence-electron chi connectivity index (χ3n) is 5.92. The molecule has 0 spiro atoms. The Labute approximate surface area is 174 Å². The number of guanidine groups is 1. The molecular weight excluding hydrogens is 362 g/mol. The molecule has 0 aromatic heterocycles. The topological polar surface area (TPSA) is 89.3 Å². The van der Waals surface area contributed by atoms with Crippen molar-refractivity contribution < 1.29 is 4.79 Å². The van der Waals surface area contributed by atoms with Gasteiger partial charge in [0.2, 0.25) is 11.9 Å². The number of nitrogens with zero attached hydrogens (tertiary/aromatic N) is 2. The van der Waals surface area contributed by atoms with E-state index < -0.39 is 5.41 Å². The summed E-state index contributed by atoms with van der Waals surface area (Å²) in [4.78, 5) is 16.8. The van der Waals surface area contributed by atoms with Crippen molar-refractivity contribution in [3.05, 3.63) is 48.6 Å². The van der Waals surface area contributed by atoms with Gasteiger partial charge in [-0.3, -0.25) is 15.1 Å². The van der Waals surface area contributed by atoms with Crippen LogP contribution in [0, 0.1) is 16.9 Å². The molecule has 1 aliphatic carbocycles. The van der Waals surface area contributed by atoms with Crippen LogP contribution >= 0.6 is 0 Å². The summed E-state index contributed by atoms with van der Waals surface area (Å²) >= 11 is 0. The van der Waals surface area contributed by atoms with Gasteiger partial charge in [0.15, 0.2) is 6.19 Å². The van der Waals surface area contributed by atoms with Gasteiger partial charge in [-0.2, -0.15) is 5.26 Å². The molecule has 0 unspecified atom stereocenters. The number of hydrogen-bond acceptors (Lipinski definition) is 3. The van der Waals surface area contributed by atoms with Crippen molar-refractivity contribution in [2.45, 2.75) is 57.4 Å². The van der Waals surface area contributed by atoms with E-state index in [1.807, 2.05) is 26.1 Å². The summed E-state index contributed by atoms with van der Waals surface area (Å²) in [5.74, 6) is 0.566. The van der Waals surface area contributed by atoms with Crippen molar-refractivity contribution in [3.8, 4) is 6.19 Å². The number of nitriles is 1. The van der Waals surface area contributed by atoms with Crippen LogP contribution in [-0.4, -0.2) is 31.5 Å².